The molecule has 0 saturated carbocycles. The van der Waals surface area contributed by atoms with Gasteiger partial charge in [0.15, 0.2) is 11.5 Å². The summed E-state index contributed by atoms with van der Waals surface area (Å²) in [4.78, 5) is 82.0. The molecule has 3 unspecified atom stereocenters. The van der Waals surface area contributed by atoms with Crippen molar-refractivity contribution in [1.29, 1.82) is 0 Å². The number of ether oxygens (including phenoxy) is 1. The van der Waals surface area contributed by atoms with Crippen molar-refractivity contribution in [2.24, 2.45) is 11.3 Å². The van der Waals surface area contributed by atoms with Gasteiger partial charge in [-0.15, -0.1) is 10.2 Å². The molecule has 1 spiro atoms. The van der Waals surface area contributed by atoms with Crippen LogP contribution in [0, 0.1) is 11.3 Å². The number of aromatic nitrogens is 4. The highest BCUT2D eigenvalue weighted by molar-refractivity contribution is 7.99. The monoisotopic (exact) mass is 956 g/mol. The number of nitrogens with zero attached hydrogens (tertiary/aromatic N) is 8. The minimum absolute atomic E-state index is 0.0344. The summed E-state index contributed by atoms with van der Waals surface area (Å²) < 4.78 is 5.49. The molecule has 4 aromatic rings. The zero-order chi connectivity index (χ0) is 47.5. The Kier molecular flexibility index (Phi) is 13.6. The maximum Gasteiger partial charge on any atom is 0.272 e. The number of piperidine rings is 2. The van der Waals surface area contributed by atoms with E-state index in [0.717, 1.165) is 136 Å². The molecule has 362 valence electrons. The van der Waals surface area contributed by atoms with Crippen LogP contribution < -0.4 is 31.1 Å². The summed E-state index contributed by atoms with van der Waals surface area (Å²) in [5.74, 6) is 0.928. The van der Waals surface area contributed by atoms with Crippen molar-refractivity contribution >= 4 is 58.6 Å². The van der Waals surface area contributed by atoms with E-state index in [1.807, 2.05) is 48.8 Å². The van der Waals surface area contributed by atoms with E-state index in [-0.39, 0.29) is 59.8 Å². The van der Waals surface area contributed by atoms with Gasteiger partial charge in [0.25, 0.3) is 11.8 Å². The Morgan fingerprint density at radius 2 is 1.78 bits per heavy atom. The fourth-order valence-corrected chi connectivity index (χ4v) is 11.8. The van der Waals surface area contributed by atoms with Gasteiger partial charge in [-0.05, 0) is 86.2 Å². The molecule has 5 fully saturated rings. The lowest BCUT2D eigenvalue weighted by atomic mass is 9.72. The Morgan fingerprint density at radius 1 is 0.913 bits per heavy atom. The van der Waals surface area contributed by atoms with Crippen LogP contribution in [0.15, 0.2) is 76.9 Å². The average Bonchev–Trinajstić information content (AvgIpc) is 3.92. The molecule has 10 rings (SSSR count). The molecule has 5 saturated heterocycles. The van der Waals surface area contributed by atoms with E-state index < -0.39 is 11.9 Å². The molecule has 2 aromatic carbocycles. The van der Waals surface area contributed by atoms with Crippen LogP contribution in [0.1, 0.15) is 89.8 Å². The van der Waals surface area contributed by atoms with E-state index in [4.69, 9.17) is 14.7 Å². The SMILES string of the molecule is COCC12CCN(c3cnc(Sc4cccc(NC(=O)CCCCCCN5CC6(CCN(c7ccc(C(=O)NCc8ccc9c(c8)CN(C8CCC(=O)NC8=O)C9=O)nn7)C6)C5)c4)cn3)CC1CN2. The number of unbranched alkanes of at least 4 members (excludes halogenated alkanes) is 3. The zero-order valence-corrected chi connectivity index (χ0v) is 39.9. The lowest BCUT2D eigenvalue weighted by Gasteiger charge is -2.56. The molecule has 6 aliphatic rings. The first kappa shape index (κ1) is 46.7. The Labute approximate surface area is 406 Å². The number of hydrogen-bond donors (Lipinski definition) is 4. The number of rotatable bonds is 18. The van der Waals surface area contributed by atoms with Gasteiger partial charge >= 0.3 is 0 Å². The van der Waals surface area contributed by atoms with Gasteiger partial charge in [-0.3, -0.25) is 29.3 Å². The molecule has 0 aliphatic carbocycles. The topological polar surface area (TPSA) is 207 Å². The molecule has 19 heteroatoms. The zero-order valence-electron chi connectivity index (χ0n) is 39.1. The van der Waals surface area contributed by atoms with E-state index in [9.17, 15) is 24.0 Å². The Balaban J connectivity index is 0.588. The molecular weight excluding hydrogens is 897 g/mol. The first-order valence-corrected chi connectivity index (χ1v) is 25.1. The van der Waals surface area contributed by atoms with Gasteiger partial charge in [0.05, 0.1) is 19.0 Å². The molecule has 69 heavy (non-hydrogen) atoms. The van der Waals surface area contributed by atoms with Gasteiger partial charge in [-0.2, -0.15) is 0 Å². The number of carbonyl (C=O) groups excluding carboxylic acids is 5. The van der Waals surface area contributed by atoms with Crippen LogP contribution in [0.4, 0.5) is 17.3 Å². The van der Waals surface area contributed by atoms with Gasteiger partial charge in [-0.25, -0.2) is 9.97 Å². The normalized spacial score (nSPS) is 22.7. The van der Waals surface area contributed by atoms with Crippen molar-refractivity contribution in [3.05, 3.63) is 89.4 Å². The standard InChI is InChI=1S/C50H60N12O6S/c1-68-32-50-17-20-60(28-35(50)24-54-50)42-25-52-45(26-51-42)69-37-8-6-7-36(22-37)55-43(63)9-4-2-3-5-18-59-29-49(30-59)16-19-61(31-49)41-14-12-39(57-58-41)46(65)53-23-33-10-11-38-34(21-33)27-62(48(38)67)40-13-15-44(64)56-47(40)66/h6-8,10-12,14,21-22,25-26,35,40,54H,2-5,9,13,15-20,23-24,27-32H2,1H3,(H,53,65)(H,55,63)(H,56,64,66). The molecule has 6 aliphatic heterocycles. The van der Waals surface area contributed by atoms with E-state index in [2.05, 4.69) is 46.2 Å². The lowest BCUT2D eigenvalue weighted by molar-refractivity contribution is -0.137. The van der Waals surface area contributed by atoms with E-state index in [1.54, 1.807) is 25.3 Å². The summed E-state index contributed by atoms with van der Waals surface area (Å²) in [7, 11) is 1.77. The number of fused-ring (bicyclic) bond motifs is 2. The Bertz CT molecular complexity index is 2580. The third kappa shape index (κ3) is 10.3. The smallest absolute Gasteiger partial charge is 0.272 e. The number of carbonyl (C=O) groups is 5. The number of likely N-dealkylation sites (tertiary alicyclic amines) is 1. The summed E-state index contributed by atoms with van der Waals surface area (Å²) in [6.45, 7) is 9.15. The fraction of sp³-hybridized carbons (Fsp3) is 0.500. The lowest BCUT2D eigenvalue weighted by Crippen LogP contribution is -2.73. The predicted octanol–water partition coefficient (Wildman–Crippen LogP) is 4.02. The fourth-order valence-electron chi connectivity index (χ4n) is 11.0. The van der Waals surface area contributed by atoms with Crippen LogP contribution in [0.5, 0.6) is 0 Å². The van der Waals surface area contributed by atoms with Gasteiger partial charge in [0.2, 0.25) is 17.7 Å². The number of methoxy groups -OCH3 is 1. The summed E-state index contributed by atoms with van der Waals surface area (Å²) in [6.07, 6.45) is 10.9. The summed E-state index contributed by atoms with van der Waals surface area (Å²) in [6, 6.07) is 16.2. The molecular formula is C50H60N12O6S. The van der Waals surface area contributed by atoms with Crippen LogP contribution in [-0.2, 0) is 32.2 Å². The number of hydrogen-bond acceptors (Lipinski definition) is 15. The van der Waals surface area contributed by atoms with Gasteiger partial charge in [-0.1, -0.05) is 42.8 Å². The molecule has 4 N–H and O–H groups in total. The summed E-state index contributed by atoms with van der Waals surface area (Å²) >= 11 is 1.54. The minimum atomic E-state index is -0.674. The number of amides is 5. The number of imide groups is 1. The third-order valence-corrected chi connectivity index (χ3v) is 15.8. The van der Waals surface area contributed by atoms with Crippen molar-refractivity contribution < 1.29 is 28.7 Å². The predicted molar refractivity (Wildman–Crippen MR) is 259 cm³/mol. The van der Waals surface area contributed by atoms with Crippen LogP contribution in [-0.4, -0.2) is 137 Å². The second-order valence-electron chi connectivity index (χ2n) is 19.7. The van der Waals surface area contributed by atoms with E-state index >= 15 is 0 Å². The molecule has 18 nitrogen and oxygen atoms in total. The highest BCUT2D eigenvalue weighted by Crippen LogP contribution is 2.41. The first-order valence-electron chi connectivity index (χ1n) is 24.3. The molecule has 0 radical (unpaired) electrons. The molecule has 0 bridgehead atoms. The molecule has 2 aromatic heterocycles. The Morgan fingerprint density at radius 3 is 2.55 bits per heavy atom. The molecule has 5 amide bonds. The van der Waals surface area contributed by atoms with Gasteiger partial charge in [0, 0.05) is 112 Å². The van der Waals surface area contributed by atoms with Crippen molar-refractivity contribution in [2.75, 3.05) is 81.2 Å². The minimum Gasteiger partial charge on any atom is -0.383 e. The van der Waals surface area contributed by atoms with E-state index in [0.29, 0.717) is 24.3 Å². The molecule has 8 heterocycles. The van der Waals surface area contributed by atoms with Crippen molar-refractivity contribution in [1.82, 2.24) is 45.9 Å². The Hall–Kier alpha value is -6.02. The number of nitrogens with one attached hydrogen (secondary N) is 4. The number of anilines is 3. The second-order valence-corrected chi connectivity index (χ2v) is 20.7. The molecule has 3 atom stereocenters. The quantitative estimate of drug-likeness (QED) is 0.0821. The number of benzene rings is 2. The first-order chi connectivity index (χ1) is 33.5. The highest BCUT2D eigenvalue weighted by Gasteiger charge is 2.50. The summed E-state index contributed by atoms with van der Waals surface area (Å²) in [5, 5.41) is 21.4. The maximum atomic E-state index is 13.0. The van der Waals surface area contributed by atoms with Crippen LogP contribution in [0.3, 0.4) is 0 Å². The van der Waals surface area contributed by atoms with Crippen LogP contribution in [0.25, 0.3) is 0 Å². The third-order valence-electron chi connectivity index (χ3n) is 14.9. The highest BCUT2D eigenvalue weighted by atomic mass is 32.2. The second kappa shape index (κ2) is 20.1. The van der Waals surface area contributed by atoms with Crippen LogP contribution in [0.2, 0.25) is 0 Å². The van der Waals surface area contributed by atoms with Crippen LogP contribution >= 0.6 is 11.8 Å². The van der Waals surface area contributed by atoms with Crippen molar-refractivity contribution in [3.8, 4) is 0 Å². The van der Waals surface area contributed by atoms with Crippen molar-refractivity contribution in [2.45, 2.75) is 92.4 Å². The maximum absolute atomic E-state index is 13.0. The van der Waals surface area contributed by atoms with Gasteiger partial charge in [0.1, 0.15) is 16.9 Å². The van der Waals surface area contributed by atoms with E-state index in [1.165, 1.54) is 16.7 Å². The average molecular weight is 957 g/mol. The van der Waals surface area contributed by atoms with Crippen molar-refractivity contribution in [3.63, 3.8) is 0 Å². The van der Waals surface area contributed by atoms with Gasteiger partial charge < -0.3 is 40.3 Å². The largest absolute Gasteiger partial charge is 0.383 e. The summed E-state index contributed by atoms with van der Waals surface area (Å²) in [5.41, 5.74) is 3.50.